The second-order valence-corrected chi connectivity index (χ2v) is 2.53. The summed E-state index contributed by atoms with van der Waals surface area (Å²) in [6.07, 6.45) is 0.283. The quantitative estimate of drug-likeness (QED) is 0.597. The van der Waals surface area contributed by atoms with Crippen LogP contribution in [0.1, 0.15) is 11.4 Å². The first-order valence-corrected chi connectivity index (χ1v) is 3.49. The maximum Gasteiger partial charge on any atom is 0.230 e. The number of hydrogen-bond donors (Lipinski definition) is 1. The lowest BCUT2D eigenvalue weighted by atomic mass is 10.2. The van der Waals surface area contributed by atoms with Crippen LogP contribution in [0.5, 0.6) is 0 Å². The lowest BCUT2D eigenvalue weighted by molar-refractivity contribution is -0.115. The lowest BCUT2D eigenvalue weighted by Crippen LogP contribution is -2.03. The molecule has 1 amide bonds. The van der Waals surface area contributed by atoms with Crippen LogP contribution in [0.25, 0.3) is 0 Å². The van der Waals surface area contributed by atoms with Gasteiger partial charge in [-0.25, -0.2) is 4.98 Å². The Labute approximate surface area is 68.8 Å². The molecule has 4 heteroatoms. The van der Waals surface area contributed by atoms with E-state index in [1.807, 2.05) is 6.07 Å². The molecule has 0 saturated carbocycles. The number of fused-ring (bicyclic) bond motifs is 1. The van der Waals surface area contributed by atoms with Gasteiger partial charge in [-0.2, -0.15) is 5.26 Å². The lowest BCUT2D eigenvalue weighted by Gasteiger charge is -1.95. The maximum absolute atomic E-state index is 10.9. The van der Waals surface area contributed by atoms with Crippen molar-refractivity contribution in [3.8, 4) is 6.07 Å². The molecule has 1 aliphatic heterocycles. The molecule has 0 aromatic carbocycles. The summed E-state index contributed by atoms with van der Waals surface area (Å²) in [5.41, 5.74) is 1.74. The van der Waals surface area contributed by atoms with Gasteiger partial charge in [0.2, 0.25) is 5.91 Å². The third kappa shape index (κ3) is 0.920. The van der Waals surface area contributed by atoms with E-state index in [1.165, 1.54) is 0 Å². The predicted octanol–water partition coefficient (Wildman–Crippen LogP) is 0.448. The van der Waals surface area contributed by atoms with Crippen molar-refractivity contribution in [2.75, 3.05) is 5.32 Å². The van der Waals surface area contributed by atoms with Crippen LogP contribution in [0, 0.1) is 11.3 Å². The fourth-order valence-electron chi connectivity index (χ4n) is 1.16. The number of nitriles is 1. The van der Waals surface area contributed by atoms with Crippen LogP contribution in [0.3, 0.4) is 0 Å². The molecule has 0 bridgehead atoms. The Morgan fingerprint density at radius 3 is 3.17 bits per heavy atom. The summed E-state index contributed by atoms with van der Waals surface area (Å²) in [6.45, 7) is 0. The normalized spacial score (nSPS) is 13.4. The van der Waals surface area contributed by atoms with Crippen molar-refractivity contribution >= 4 is 11.6 Å². The molecule has 58 valence electrons. The summed E-state index contributed by atoms with van der Waals surface area (Å²) in [5, 5.41) is 11.2. The van der Waals surface area contributed by atoms with Crippen LogP contribution in [0.4, 0.5) is 5.69 Å². The van der Waals surface area contributed by atoms with Crippen molar-refractivity contribution in [2.24, 2.45) is 0 Å². The van der Waals surface area contributed by atoms with Gasteiger partial charge < -0.3 is 5.32 Å². The van der Waals surface area contributed by atoms with Crippen LogP contribution < -0.4 is 5.32 Å². The zero-order valence-corrected chi connectivity index (χ0v) is 6.16. The summed E-state index contributed by atoms with van der Waals surface area (Å²) in [4.78, 5) is 14.8. The smallest absolute Gasteiger partial charge is 0.230 e. The molecule has 0 radical (unpaired) electrons. The van der Waals surface area contributed by atoms with Gasteiger partial charge in [0.1, 0.15) is 11.8 Å². The molecule has 2 heterocycles. The SMILES string of the molecule is N#Cc1ccc2c(n1)CC(=O)N2. The van der Waals surface area contributed by atoms with Crippen LogP contribution >= 0.6 is 0 Å². The average molecular weight is 159 g/mol. The van der Waals surface area contributed by atoms with Crippen molar-refractivity contribution in [1.29, 1.82) is 5.26 Å². The first kappa shape index (κ1) is 6.80. The third-order valence-corrected chi connectivity index (χ3v) is 1.69. The van der Waals surface area contributed by atoms with Crippen molar-refractivity contribution < 1.29 is 4.79 Å². The zero-order valence-electron chi connectivity index (χ0n) is 6.16. The highest BCUT2D eigenvalue weighted by Crippen LogP contribution is 2.20. The molecular formula is C8H5N3O. The molecule has 12 heavy (non-hydrogen) atoms. The summed E-state index contributed by atoms with van der Waals surface area (Å²) in [7, 11) is 0. The van der Waals surface area contributed by atoms with E-state index in [1.54, 1.807) is 12.1 Å². The second kappa shape index (κ2) is 2.31. The Hall–Kier alpha value is -1.89. The number of nitrogens with one attached hydrogen (secondary N) is 1. The monoisotopic (exact) mass is 159 g/mol. The van der Waals surface area contributed by atoms with E-state index in [2.05, 4.69) is 10.3 Å². The van der Waals surface area contributed by atoms with Gasteiger partial charge in [-0.1, -0.05) is 0 Å². The minimum atomic E-state index is -0.0624. The molecule has 0 saturated heterocycles. The first-order chi connectivity index (χ1) is 5.79. The minimum absolute atomic E-state index is 0.0624. The van der Waals surface area contributed by atoms with E-state index >= 15 is 0 Å². The van der Waals surface area contributed by atoms with Crippen molar-refractivity contribution in [3.63, 3.8) is 0 Å². The summed E-state index contributed by atoms with van der Waals surface area (Å²) in [5.74, 6) is -0.0624. The minimum Gasteiger partial charge on any atom is -0.324 e. The average Bonchev–Trinajstić information content (AvgIpc) is 2.43. The van der Waals surface area contributed by atoms with Crippen LogP contribution in [-0.2, 0) is 11.2 Å². The van der Waals surface area contributed by atoms with Crippen molar-refractivity contribution in [2.45, 2.75) is 6.42 Å². The Balaban J connectivity index is 2.50. The highest BCUT2D eigenvalue weighted by atomic mass is 16.1. The van der Waals surface area contributed by atoms with Gasteiger partial charge in [0.15, 0.2) is 0 Å². The van der Waals surface area contributed by atoms with Crippen LogP contribution in [0.2, 0.25) is 0 Å². The number of pyridine rings is 1. The molecule has 1 N–H and O–H groups in total. The van der Waals surface area contributed by atoms with E-state index in [0.717, 1.165) is 5.69 Å². The molecule has 1 aromatic heterocycles. The molecule has 0 atom stereocenters. The molecule has 4 nitrogen and oxygen atoms in total. The Morgan fingerprint density at radius 2 is 2.42 bits per heavy atom. The van der Waals surface area contributed by atoms with E-state index in [0.29, 0.717) is 11.4 Å². The number of nitrogens with zero attached hydrogens (tertiary/aromatic N) is 2. The molecule has 0 unspecified atom stereocenters. The van der Waals surface area contributed by atoms with Crippen molar-refractivity contribution in [1.82, 2.24) is 4.98 Å². The topological polar surface area (TPSA) is 65.8 Å². The largest absolute Gasteiger partial charge is 0.324 e. The van der Waals surface area contributed by atoms with Crippen LogP contribution in [-0.4, -0.2) is 10.9 Å². The zero-order chi connectivity index (χ0) is 8.55. The van der Waals surface area contributed by atoms with E-state index in [4.69, 9.17) is 5.26 Å². The van der Waals surface area contributed by atoms with Gasteiger partial charge in [-0.05, 0) is 12.1 Å². The highest BCUT2D eigenvalue weighted by molar-refractivity contribution is 5.98. The van der Waals surface area contributed by atoms with Gasteiger partial charge >= 0.3 is 0 Å². The molecule has 2 rings (SSSR count). The van der Waals surface area contributed by atoms with Gasteiger partial charge in [0.25, 0.3) is 0 Å². The Bertz CT molecular complexity index is 392. The molecular weight excluding hydrogens is 154 g/mol. The molecule has 1 aliphatic rings. The van der Waals surface area contributed by atoms with Gasteiger partial charge in [-0.3, -0.25) is 4.79 Å². The molecule has 0 spiro atoms. The molecule has 0 fully saturated rings. The first-order valence-electron chi connectivity index (χ1n) is 3.49. The number of amides is 1. The summed E-state index contributed by atoms with van der Waals surface area (Å²) < 4.78 is 0. The number of anilines is 1. The fraction of sp³-hybridized carbons (Fsp3) is 0.125. The Morgan fingerprint density at radius 1 is 1.58 bits per heavy atom. The van der Waals surface area contributed by atoms with Gasteiger partial charge in [0, 0.05) is 0 Å². The maximum atomic E-state index is 10.9. The van der Waals surface area contributed by atoms with Gasteiger partial charge in [-0.15, -0.1) is 0 Å². The summed E-state index contributed by atoms with van der Waals surface area (Å²) in [6, 6.07) is 5.21. The standard InChI is InChI=1S/C8H5N3O/c9-4-5-1-2-6-7(10-5)3-8(12)11-6/h1-2H,3H2,(H,11,12). The third-order valence-electron chi connectivity index (χ3n) is 1.69. The van der Waals surface area contributed by atoms with E-state index in [9.17, 15) is 4.79 Å². The number of hydrogen-bond acceptors (Lipinski definition) is 3. The number of carbonyl (C=O) groups excluding carboxylic acids is 1. The van der Waals surface area contributed by atoms with E-state index < -0.39 is 0 Å². The van der Waals surface area contributed by atoms with E-state index in [-0.39, 0.29) is 12.3 Å². The van der Waals surface area contributed by atoms with Crippen molar-refractivity contribution in [3.05, 3.63) is 23.5 Å². The highest BCUT2D eigenvalue weighted by Gasteiger charge is 2.18. The summed E-state index contributed by atoms with van der Waals surface area (Å²) >= 11 is 0. The van der Waals surface area contributed by atoms with Crippen LogP contribution in [0.15, 0.2) is 12.1 Å². The molecule has 0 aliphatic carbocycles. The molecule has 1 aromatic rings. The Kier molecular flexibility index (Phi) is 1.31. The number of rotatable bonds is 0. The fourth-order valence-corrected chi connectivity index (χ4v) is 1.16. The second-order valence-electron chi connectivity index (χ2n) is 2.53. The number of carbonyl (C=O) groups is 1. The predicted molar refractivity (Wildman–Crippen MR) is 41.3 cm³/mol. The number of aromatic nitrogens is 1. The van der Waals surface area contributed by atoms with Gasteiger partial charge in [0.05, 0.1) is 17.8 Å².